The molecule has 1 aromatic heterocycles. The number of nitrogens with two attached hydrogens (primary N) is 1. The summed E-state index contributed by atoms with van der Waals surface area (Å²) in [7, 11) is 0. The van der Waals surface area contributed by atoms with Gasteiger partial charge >= 0.3 is 0 Å². The predicted molar refractivity (Wildman–Crippen MR) is 86.6 cm³/mol. The maximum Gasteiger partial charge on any atom is 0.272 e. The summed E-state index contributed by atoms with van der Waals surface area (Å²) in [5.41, 5.74) is 10.9. The Morgan fingerprint density at radius 1 is 1.10 bits per heavy atom. The van der Waals surface area contributed by atoms with Gasteiger partial charge in [-0.05, 0) is 49.7 Å². The van der Waals surface area contributed by atoms with E-state index in [2.05, 4.69) is 10.3 Å². The van der Waals surface area contributed by atoms with Crippen LogP contribution in [0.3, 0.4) is 0 Å². The number of aromatic nitrogens is 1. The van der Waals surface area contributed by atoms with Crippen LogP contribution < -0.4 is 11.1 Å². The quantitative estimate of drug-likeness (QED) is 0.627. The number of rotatable bonds is 2. The highest BCUT2D eigenvalue weighted by Gasteiger charge is 2.11. The van der Waals surface area contributed by atoms with Crippen LogP contribution >= 0.6 is 0 Å². The molecule has 0 aliphatic heterocycles. The lowest BCUT2D eigenvalue weighted by Gasteiger charge is -2.08. The zero-order valence-corrected chi connectivity index (χ0v) is 12.0. The molecular formula is C17H17N3O. The fourth-order valence-electron chi connectivity index (χ4n) is 2.42. The van der Waals surface area contributed by atoms with Gasteiger partial charge in [0.2, 0.25) is 0 Å². The van der Waals surface area contributed by atoms with Gasteiger partial charge < -0.3 is 16.0 Å². The summed E-state index contributed by atoms with van der Waals surface area (Å²) in [6.07, 6.45) is 0. The number of benzene rings is 2. The molecule has 0 aliphatic carbocycles. The number of nitrogens with one attached hydrogen (secondary N) is 2. The SMILES string of the molecule is Cc1ccc(NC(=O)c2cc3cc(N)ccc3[nH]2)c(C)c1. The topological polar surface area (TPSA) is 70.9 Å². The molecule has 4 nitrogen and oxygen atoms in total. The van der Waals surface area contributed by atoms with Gasteiger partial charge in [0.15, 0.2) is 0 Å². The number of hydrogen-bond donors (Lipinski definition) is 3. The molecule has 0 aliphatic rings. The van der Waals surface area contributed by atoms with Crippen molar-refractivity contribution in [2.24, 2.45) is 0 Å². The molecule has 21 heavy (non-hydrogen) atoms. The molecule has 2 aromatic carbocycles. The van der Waals surface area contributed by atoms with E-state index in [9.17, 15) is 4.79 Å². The smallest absolute Gasteiger partial charge is 0.272 e. The van der Waals surface area contributed by atoms with Gasteiger partial charge in [0.05, 0.1) is 0 Å². The lowest BCUT2D eigenvalue weighted by atomic mass is 10.1. The molecule has 1 heterocycles. The van der Waals surface area contributed by atoms with Crippen molar-refractivity contribution in [1.82, 2.24) is 4.98 Å². The minimum atomic E-state index is -0.156. The van der Waals surface area contributed by atoms with Crippen molar-refractivity contribution in [3.63, 3.8) is 0 Å². The Balaban J connectivity index is 1.89. The van der Waals surface area contributed by atoms with Gasteiger partial charge in [0.1, 0.15) is 5.69 Å². The third kappa shape index (κ3) is 2.60. The maximum absolute atomic E-state index is 12.3. The molecule has 0 radical (unpaired) electrons. The van der Waals surface area contributed by atoms with Crippen LogP contribution in [-0.4, -0.2) is 10.9 Å². The van der Waals surface area contributed by atoms with Crippen LogP contribution in [0.2, 0.25) is 0 Å². The normalized spacial score (nSPS) is 10.8. The molecule has 0 atom stereocenters. The van der Waals surface area contributed by atoms with Crippen molar-refractivity contribution < 1.29 is 4.79 Å². The van der Waals surface area contributed by atoms with Gasteiger partial charge in [-0.25, -0.2) is 0 Å². The van der Waals surface area contributed by atoms with E-state index in [0.29, 0.717) is 11.4 Å². The molecule has 106 valence electrons. The number of nitrogen functional groups attached to an aromatic ring is 1. The van der Waals surface area contributed by atoms with E-state index in [1.807, 2.05) is 56.3 Å². The molecule has 0 bridgehead atoms. The summed E-state index contributed by atoms with van der Waals surface area (Å²) >= 11 is 0. The zero-order chi connectivity index (χ0) is 15.0. The number of carbonyl (C=O) groups is 1. The maximum atomic E-state index is 12.3. The van der Waals surface area contributed by atoms with Crippen LogP contribution in [0.15, 0.2) is 42.5 Å². The molecule has 0 saturated carbocycles. The van der Waals surface area contributed by atoms with Crippen molar-refractivity contribution in [1.29, 1.82) is 0 Å². The number of fused-ring (bicyclic) bond motifs is 1. The molecule has 0 fully saturated rings. The van der Waals surface area contributed by atoms with Crippen LogP contribution in [0.1, 0.15) is 21.6 Å². The first-order valence-corrected chi connectivity index (χ1v) is 6.80. The Labute approximate surface area is 123 Å². The molecule has 3 aromatic rings. The molecule has 4 heteroatoms. The van der Waals surface area contributed by atoms with Gasteiger partial charge in [-0.2, -0.15) is 0 Å². The lowest BCUT2D eigenvalue weighted by molar-refractivity contribution is 0.102. The fourth-order valence-corrected chi connectivity index (χ4v) is 2.42. The largest absolute Gasteiger partial charge is 0.399 e. The van der Waals surface area contributed by atoms with Gasteiger partial charge in [-0.3, -0.25) is 4.79 Å². The van der Waals surface area contributed by atoms with E-state index in [-0.39, 0.29) is 5.91 Å². The number of anilines is 2. The van der Waals surface area contributed by atoms with Crippen LogP contribution in [0.4, 0.5) is 11.4 Å². The summed E-state index contributed by atoms with van der Waals surface area (Å²) in [6.45, 7) is 4.01. The average molecular weight is 279 g/mol. The van der Waals surface area contributed by atoms with Gasteiger partial charge in [0.25, 0.3) is 5.91 Å². The Bertz CT molecular complexity index is 833. The molecule has 3 rings (SSSR count). The highest BCUT2D eigenvalue weighted by molar-refractivity contribution is 6.06. The monoisotopic (exact) mass is 279 g/mol. The van der Waals surface area contributed by atoms with E-state index < -0.39 is 0 Å². The van der Waals surface area contributed by atoms with E-state index in [4.69, 9.17) is 5.73 Å². The van der Waals surface area contributed by atoms with E-state index in [0.717, 1.165) is 22.2 Å². The van der Waals surface area contributed by atoms with Crippen LogP contribution in [0, 0.1) is 13.8 Å². The number of aromatic amines is 1. The molecule has 1 amide bonds. The summed E-state index contributed by atoms with van der Waals surface area (Å²) in [4.78, 5) is 15.4. The third-order valence-electron chi connectivity index (χ3n) is 3.52. The summed E-state index contributed by atoms with van der Waals surface area (Å²) in [5.74, 6) is -0.156. The summed E-state index contributed by atoms with van der Waals surface area (Å²) in [6, 6.07) is 13.3. The summed E-state index contributed by atoms with van der Waals surface area (Å²) < 4.78 is 0. The molecular weight excluding hydrogens is 262 g/mol. The number of hydrogen-bond acceptors (Lipinski definition) is 2. The fraction of sp³-hybridized carbons (Fsp3) is 0.118. The van der Waals surface area contributed by atoms with Gasteiger partial charge in [0, 0.05) is 22.3 Å². The Morgan fingerprint density at radius 2 is 1.90 bits per heavy atom. The van der Waals surface area contributed by atoms with Gasteiger partial charge in [-0.15, -0.1) is 0 Å². The highest BCUT2D eigenvalue weighted by Crippen LogP contribution is 2.20. The molecule has 0 unspecified atom stereocenters. The highest BCUT2D eigenvalue weighted by atomic mass is 16.1. The Kier molecular flexibility index (Phi) is 3.14. The van der Waals surface area contributed by atoms with E-state index in [1.54, 1.807) is 0 Å². The Hall–Kier alpha value is -2.75. The van der Waals surface area contributed by atoms with Crippen molar-refractivity contribution in [2.45, 2.75) is 13.8 Å². The van der Waals surface area contributed by atoms with Crippen LogP contribution in [0.25, 0.3) is 10.9 Å². The average Bonchev–Trinajstić information content (AvgIpc) is 2.85. The summed E-state index contributed by atoms with van der Waals surface area (Å²) in [5, 5.41) is 3.86. The molecule has 4 N–H and O–H groups in total. The first-order chi connectivity index (χ1) is 10.0. The predicted octanol–water partition coefficient (Wildman–Crippen LogP) is 3.62. The van der Waals surface area contributed by atoms with Crippen molar-refractivity contribution in [3.05, 3.63) is 59.3 Å². The second-order valence-electron chi connectivity index (χ2n) is 5.30. The van der Waals surface area contributed by atoms with Crippen LogP contribution in [-0.2, 0) is 0 Å². The minimum Gasteiger partial charge on any atom is -0.399 e. The number of carbonyl (C=O) groups excluding carboxylic acids is 1. The van der Waals surface area contributed by atoms with Crippen LogP contribution in [0.5, 0.6) is 0 Å². The number of aryl methyl sites for hydroxylation is 2. The number of amides is 1. The van der Waals surface area contributed by atoms with Gasteiger partial charge in [-0.1, -0.05) is 17.7 Å². The first-order valence-electron chi connectivity index (χ1n) is 6.80. The third-order valence-corrected chi connectivity index (χ3v) is 3.52. The standard InChI is InChI=1S/C17H17N3O/c1-10-3-5-14(11(2)7-10)20-17(21)16-9-12-8-13(18)4-6-15(12)19-16/h3-9,19H,18H2,1-2H3,(H,20,21). The van der Waals surface area contributed by atoms with E-state index in [1.165, 1.54) is 5.56 Å². The molecule has 0 saturated heterocycles. The first kappa shape index (κ1) is 13.2. The van der Waals surface area contributed by atoms with Crippen molar-refractivity contribution in [2.75, 3.05) is 11.1 Å². The van der Waals surface area contributed by atoms with Crippen molar-refractivity contribution >= 4 is 28.2 Å². The van der Waals surface area contributed by atoms with E-state index >= 15 is 0 Å². The van der Waals surface area contributed by atoms with Crippen molar-refractivity contribution in [3.8, 4) is 0 Å². The second kappa shape index (κ2) is 4.98. The molecule has 0 spiro atoms. The second-order valence-corrected chi connectivity index (χ2v) is 5.30. The number of H-pyrrole nitrogens is 1. The zero-order valence-electron chi connectivity index (χ0n) is 12.0. The Morgan fingerprint density at radius 3 is 2.67 bits per heavy atom. The minimum absolute atomic E-state index is 0.156. The lowest BCUT2D eigenvalue weighted by Crippen LogP contribution is -2.13.